The second kappa shape index (κ2) is 6.83. The van der Waals surface area contributed by atoms with E-state index in [1.165, 1.54) is 8.66 Å². The van der Waals surface area contributed by atoms with Gasteiger partial charge in [-0.3, -0.25) is 9.69 Å². The molecule has 106 valence electrons. The van der Waals surface area contributed by atoms with Gasteiger partial charge >= 0.3 is 0 Å². The van der Waals surface area contributed by atoms with E-state index < -0.39 is 0 Å². The Kier molecular flexibility index (Phi) is 5.38. The number of halogens is 1. The van der Waals surface area contributed by atoms with E-state index in [0.29, 0.717) is 6.42 Å². The summed E-state index contributed by atoms with van der Waals surface area (Å²) in [4.78, 5) is 17.6. The van der Waals surface area contributed by atoms with Crippen molar-refractivity contribution in [1.82, 2.24) is 9.80 Å². The number of hydrogen-bond donors (Lipinski definition) is 1. The van der Waals surface area contributed by atoms with Gasteiger partial charge in [-0.2, -0.15) is 0 Å². The number of nitrogens with two attached hydrogens (primary N) is 1. The Bertz CT molecular complexity index is 427. The Morgan fingerprint density at radius 3 is 2.63 bits per heavy atom. The molecule has 0 radical (unpaired) electrons. The van der Waals surface area contributed by atoms with Gasteiger partial charge in [0.15, 0.2) is 0 Å². The van der Waals surface area contributed by atoms with E-state index in [9.17, 15) is 4.79 Å². The molecule has 0 spiro atoms. The number of carbonyl (C=O) groups excluding carboxylic acids is 1. The first-order valence-corrected chi connectivity index (χ1v) is 8.15. The van der Waals surface area contributed by atoms with Crippen molar-refractivity contribution in [3.63, 3.8) is 0 Å². The monoisotopic (exact) mass is 345 g/mol. The third-order valence-corrected chi connectivity index (χ3v) is 4.84. The minimum Gasteiger partial charge on any atom is -0.340 e. The fraction of sp³-hybridized carbons (Fsp3) is 0.615. The second-order valence-electron chi connectivity index (χ2n) is 5.04. The minimum atomic E-state index is -0.0472. The molecule has 1 amide bonds. The normalized spacial score (nSPS) is 18.6. The van der Waals surface area contributed by atoms with E-state index in [4.69, 9.17) is 5.73 Å². The summed E-state index contributed by atoms with van der Waals surface area (Å²) in [5, 5.41) is 0. The minimum absolute atomic E-state index is 0.0472. The van der Waals surface area contributed by atoms with Crippen LogP contribution < -0.4 is 5.73 Å². The first kappa shape index (κ1) is 15.0. The molecule has 1 saturated heterocycles. The lowest BCUT2D eigenvalue weighted by molar-refractivity contribution is -0.133. The summed E-state index contributed by atoms with van der Waals surface area (Å²) in [6.45, 7) is 6.38. The summed E-state index contributed by atoms with van der Waals surface area (Å²) < 4.78 is 1.17. The summed E-state index contributed by atoms with van der Waals surface area (Å²) in [5.41, 5.74) is 5.67. The van der Waals surface area contributed by atoms with Crippen LogP contribution in [0.5, 0.6) is 0 Å². The molecule has 4 nitrogen and oxygen atoms in total. The first-order chi connectivity index (χ1) is 9.04. The van der Waals surface area contributed by atoms with Crippen LogP contribution in [0.4, 0.5) is 0 Å². The number of nitrogens with zero attached hydrogens (tertiary/aromatic N) is 2. The lowest BCUT2D eigenvalue weighted by Gasteiger charge is -2.34. The zero-order chi connectivity index (χ0) is 13.8. The highest BCUT2D eigenvalue weighted by atomic mass is 79.9. The molecule has 1 atom stereocenters. The molecule has 2 heterocycles. The zero-order valence-electron chi connectivity index (χ0n) is 11.1. The summed E-state index contributed by atoms with van der Waals surface area (Å²) >= 11 is 5.26. The van der Waals surface area contributed by atoms with Crippen LogP contribution in [0.15, 0.2) is 15.9 Å². The summed E-state index contributed by atoms with van der Waals surface area (Å²) in [6.07, 6.45) is 0.456. The Hall–Kier alpha value is -0.430. The quantitative estimate of drug-likeness (QED) is 0.906. The maximum atomic E-state index is 11.9. The molecule has 1 unspecified atom stereocenters. The van der Waals surface area contributed by atoms with Gasteiger partial charge in [-0.1, -0.05) is 0 Å². The van der Waals surface area contributed by atoms with Gasteiger partial charge in [-0.15, -0.1) is 11.3 Å². The number of carbonyl (C=O) groups is 1. The van der Waals surface area contributed by atoms with E-state index in [2.05, 4.69) is 33.0 Å². The molecule has 2 N–H and O–H groups in total. The van der Waals surface area contributed by atoms with Gasteiger partial charge in [0, 0.05) is 50.1 Å². The van der Waals surface area contributed by atoms with Crippen LogP contribution in [0.25, 0.3) is 0 Å². The van der Waals surface area contributed by atoms with Crippen molar-refractivity contribution in [3.05, 3.63) is 20.8 Å². The Balaban J connectivity index is 1.77. The van der Waals surface area contributed by atoms with Crippen molar-refractivity contribution in [2.45, 2.75) is 25.9 Å². The van der Waals surface area contributed by atoms with Crippen LogP contribution >= 0.6 is 27.3 Å². The molecule has 19 heavy (non-hydrogen) atoms. The SMILES string of the molecule is CC(N)CC(=O)N1CCN(Cc2ccc(Br)s2)CC1. The molecule has 0 saturated carbocycles. The number of rotatable bonds is 4. The van der Waals surface area contributed by atoms with E-state index >= 15 is 0 Å². The van der Waals surface area contributed by atoms with Gasteiger partial charge in [0.25, 0.3) is 0 Å². The highest BCUT2D eigenvalue weighted by molar-refractivity contribution is 9.11. The summed E-state index contributed by atoms with van der Waals surface area (Å²) in [5.74, 6) is 0.188. The maximum Gasteiger partial charge on any atom is 0.224 e. The smallest absolute Gasteiger partial charge is 0.224 e. The molecule has 6 heteroatoms. The van der Waals surface area contributed by atoms with Gasteiger partial charge < -0.3 is 10.6 Å². The molecule has 1 fully saturated rings. The van der Waals surface area contributed by atoms with Crippen LogP contribution in [0.2, 0.25) is 0 Å². The molecule has 0 aromatic carbocycles. The molecule has 0 bridgehead atoms. The molecular formula is C13H20BrN3OS. The topological polar surface area (TPSA) is 49.6 Å². The lowest BCUT2D eigenvalue weighted by atomic mass is 10.2. The highest BCUT2D eigenvalue weighted by Gasteiger charge is 2.21. The van der Waals surface area contributed by atoms with Crippen molar-refractivity contribution < 1.29 is 4.79 Å². The third kappa shape index (κ3) is 4.56. The van der Waals surface area contributed by atoms with E-state index in [-0.39, 0.29) is 11.9 Å². The van der Waals surface area contributed by atoms with Crippen molar-refractivity contribution in [3.8, 4) is 0 Å². The maximum absolute atomic E-state index is 11.9. The number of hydrogen-bond acceptors (Lipinski definition) is 4. The van der Waals surface area contributed by atoms with Gasteiger partial charge in [-0.25, -0.2) is 0 Å². The predicted molar refractivity (Wildman–Crippen MR) is 82.1 cm³/mol. The van der Waals surface area contributed by atoms with Gasteiger partial charge in [0.1, 0.15) is 0 Å². The Morgan fingerprint density at radius 2 is 2.11 bits per heavy atom. The van der Waals surface area contributed by atoms with E-state index in [1.807, 2.05) is 11.8 Å². The van der Waals surface area contributed by atoms with Crippen molar-refractivity contribution in [1.29, 1.82) is 0 Å². The van der Waals surface area contributed by atoms with Crippen LogP contribution in [-0.2, 0) is 11.3 Å². The largest absolute Gasteiger partial charge is 0.340 e. The first-order valence-electron chi connectivity index (χ1n) is 6.54. The Labute approximate surface area is 126 Å². The Morgan fingerprint density at radius 1 is 1.42 bits per heavy atom. The van der Waals surface area contributed by atoms with Crippen LogP contribution in [-0.4, -0.2) is 47.9 Å². The van der Waals surface area contributed by atoms with Crippen LogP contribution in [0, 0.1) is 0 Å². The molecule has 1 aromatic heterocycles. The predicted octanol–water partition coefficient (Wildman–Crippen LogP) is 1.89. The summed E-state index contributed by atoms with van der Waals surface area (Å²) in [6, 6.07) is 4.19. The second-order valence-corrected chi connectivity index (χ2v) is 7.59. The van der Waals surface area contributed by atoms with Gasteiger partial charge in [0.2, 0.25) is 5.91 Å². The van der Waals surface area contributed by atoms with Crippen LogP contribution in [0.3, 0.4) is 0 Å². The van der Waals surface area contributed by atoms with E-state index in [1.54, 1.807) is 11.3 Å². The number of piperazine rings is 1. The zero-order valence-corrected chi connectivity index (χ0v) is 13.5. The fourth-order valence-corrected chi connectivity index (χ4v) is 3.74. The van der Waals surface area contributed by atoms with Crippen molar-refractivity contribution in [2.24, 2.45) is 5.73 Å². The molecule has 2 rings (SSSR count). The molecular weight excluding hydrogens is 326 g/mol. The summed E-state index contributed by atoms with van der Waals surface area (Å²) in [7, 11) is 0. The van der Waals surface area contributed by atoms with Gasteiger partial charge in [0.05, 0.1) is 3.79 Å². The third-order valence-electron chi connectivity index (χ3n) is 3.23. The number of thiophene rings is 1. The molecule has 1 aliphatic rings. The average molecular weight is 346 g/mol. The highest BCUT2D eigenvalue weighted by Crippen LogP contribution is 2.23. The van der Waals surface area contributed by atoms with E-state index in [0.717, 1.165) is 32.7 Å². The number of amides is 1. The van der Waals surface area contributed by atoms with Crippen LogP contribution in [0.1, 0.15) is 18.2 Å². The molecule has 0 aliphatic carbocycles. The standard InChI is InChI=1S/C13H20BrN3OS/c1-10(15)8-13(18)17-6-4-16(5-7-17)9-11-2-3-12(14)19-11/h2-3,10H,4-9,15H2,1H3. The van der Waals surface area contributed by atoms with Gasteiger partial charge in [-0.05, 0) is 35.0 Å². The van der Waals surface area contributed by atoms with Crippen molar-refractivity contribution in [2.75, 3.05) is 26.2 Å². The van der Waals surface area contributed by atoms with Crippen molar-refractivity contribution >= 4 is 33.2 Å². The molecule has 1 aromatic rings. The average Bonchev–Trinajstić information content (AvgIpc) is 2.75. The lowest BCUT2D eigenvalue weighted by Crippen LogP contribution is -2.49. The molecule has 1 aliphatic heterocycles. The fourth-order valence-electron chi connectivity index (χ4n) is 2.22.